The Kier molecular flexibility index (Phi) is 5.23. The van der Waals surface area contributed by atoms with Crippen molar-refractivity contribution in [2.24, 2.45) is 0 Å². The molecule has 2 aromatic heterocycles. The van der Waals surface area contributed by atoms with Gasteiger partial charge in [-0.05, 0) is 55.8 Å². The summed E-state index contributed by atoms with van der Waals surface area (Å²) in [7, 11) is 0. The number of alkyl halides is 2. The first kappa shape index (κ1) is 20.0. The monoisotopic (exact) mass is 409 g/mol. The molecule has 0 radical (unpaired) electrons. The summed E-state index contributed by atoms with van der Waals surface area (Å²) >= 11 is 0. The summed E-state index contributed by atoms with van der Waals surface area (Å²) in [6.07, 6.45) is 2.55. The number of piperidine rings is 1. The third-order valence-electron chi connectivity index (χ3n) is 5.67. The van der Waals surface area contributed by atoms with Crippen LogP contribution in [0.3, 0.4) is 0 Å². The number of halogens is 2. The van der Waals surface area contributed by atoms with Crippen molar-refractivity contribution in [3.8, 4) is 12.1 Å². The van der Waals surface area contributed by atoms with Crippen LogP contribution in [-0.2, 0) is 5.41 Å². The molecule has 0 atom stereocenters. The standard InChI is InChI=1S/C21H21F2N7/c22-21(23)4-8-30(14-21)19-11-16(20(13-25)2-6-26-7-3-20)10-18(29-19)28-17-9-15(12-24)1-5-27-17/h1,5,9-11,26H,2-4,6-8,14H2,(H,27,28,29). The maximum absolute atomic E-state index is 13.8. The van der Waals surface area contributed by atoms with E-state index in [1.807, 2.05) is 0 Å². The van der Waals surface area contributed by atoms with Gasteiger partial charge in [-0.2, -0.15) is 10.5 Å². The number of pyridine rings is 2. The molecule has 30 heavy (non-hydrogen) atoms. The lowest BCUT2D eigenvalue weighted by Gasteiger charge is -2.32. The van der Waals surface area contributed by atoms with Crippen molar-refractivity contribution in [2.45, 2.75) is 30.6 Å². The Morgan fingerprint density at radius 3 is 2.57 bits per heavy atom. The van der Waals surface area contributed by atoms with Crippen molar-refractivity contribution in [1.29, 1.82) is 10.5 Å². The Labute approximate surface area is 173 Å². The molecule has 154 valence electrons. The van der Waals surface area contributed by atoms with E-state index in [-0.39, 0.29) is 13.0 Å². The van der Waals surface area contributed by atoms with E-state index in [2.05, 4.69) is 32.7 Å². The highest BCUT2D eigenvalue weighted by Crippen LogP contribution is 2.38. The number of rotatable bonds is 4. The first-order chi connectivity index (χ1) is 14.4. The van der Waals surface area contributed by atoms with Crippen LogP contribution in [0.2, 0.25) is 0 Å². The van der Waals surface area contributed by atoms with Gasteiger partial charge in [0.1, 0.15) is 17.5 Å². The summed E-state index contributed by atoms with van der Waals surface area (Å²) in [6.45, 7) is 1.22. The minimum atomic E-state index is -2.75. The van der Waals surface area contributed by atoms with Gasteiger partial charge < -0.3 is 15.5 Å². The topological polar surface area (TPSA) is 101 Å². The summed E-state index contributed by atoms with van der Waals surface area (Å²) in [5.41, 5.74) is 0.490. The molecule has 9 heteroatoms. The Hall–Kier alpha value is -3.30. The molecule has 2 fully saturated rings. The maximum Gasteiger partial charge on any atom is 0.266 e. The van der Waals surface area contributed by atoms with Gasteiger partial charge in [-0.3, -0.25) is 0 Å². The molecule has 2 aromatic rings. The molecule has 2 N–H and O–H groups in total. The van der Waals surface area contributed by atoms with Gasteiger partial charge in [0, 0.05) is 19.2 Å². The number of nitriles is 2. The number of nitrogens with zero attached hydrogens (tertiary/aromatic N) is 5. The minimum Gasteiger partial charge on any atom is -0.350 e. The summed E-state index contributed by atoms with van der Waals surface area (Å²) in [5, 5.41) is 25.4. The highest BCUT2D eigenvalue weighted by Gasteiger charge is 2.40. The molecule has 2 aliphatic heterocycles. The molecule has 2 saturated heterocycles. The second-order valence-electron chi connectivity index (χ2n) is 7.74. The third kappa shape index (κ3) is 4.03. The third-order valence-corrected chi connectivity index (χ3v) is 5.67. The van der Waals surface area contributed by atoms with Crippen LogP contribution in [0.15, 0.2) is 30.5 Å². The molecule has 0 aromatic carbocycles. The zero-order valence-corrected chi connectivity index (χ0v) is 16.3. The fourth-order valence-corrected chi connectivity index (χ4v) is 3.97. The largest absolute Gasteiger partial charge is 0.350 e. The van der Waals surface area contributed by atoms with Gasteiger partial charge in [-0.15, -0.1) is 0 Å². The Morgan fingerprint density at radius 1 is 1.10 bits per heavy atom. The number of hydrogen-bond donors (Lipinski definition) is 2. The molecule has 4 rings (SSSR count). The van der Waals surface area contributed by atoms with E-state index in [4.69, 9.17) is 5.26 Å². The normalized spacial score (nSPS) is 19.7. The maximum atomic E-state index is 13.8. The molecule has 0 unspecified atom stereocenters. The van der Waals surface area contributed by atoms with Crippen LogP contribution in [0.25, 0.3) is 0 Å². The van der Waals surface area contributed by atoms with Gasteiger partial charge in [0.15, 0.2) is 0 Å². The number of hydrogen-bond acceptors (Lipinski definition) is 7. The van der Waals surface area contributed by atoms with E-state index in [1.54, 1.807) is 29.2 Å². The highest BCUT2D eigenvalue weighted by molar-refractivity contribution is 5.60. The molecule has 0 aliphatic carbocycles. The number of nitrogens with one attached hydrogen (secondary N) is 2. The first-order valence-electron chi connectivity index (χ1n) is 9.84. The Morgan fingerprint density at radius 2 is 1.90 bits per heavy atom. The van der Waals surface area contributed by atoms with Gasteiger partial charge in [-0.1, -0.05) is 0 Å². The Balaban J connectivity index is 1.74. The van der Waals surface area contributed by atoms with Crippen molar-refractivity contribution in [1.82, 2.24) is 15.3 Å². The van der Waals surface area contributed by atoms with E-state index in [9.17, 15) is 14.0 Å². The van der Waals surface area contributed by atoms with Crippen LogP contribution in [0.1, 0.15) is 30.4 Å². The first-order valence-corrected chi connectivity index (χ1v) is 9.84. The van der Waals surface area contributed by atoms with Crippen LogP contribution in [0.5, 0.6) is 0 Å². The van der Waals surface area contributed by atoms with Crippen molar-refractivity contribution < 1.29 is 8.78 Å². The van der Waals surface area contributed by atoms with Crippen molar-refractivity contribution in [2.75, 3.05) is 36.4 Å². The molecule has 4 heterocycles. The predicted octanol–water partition coefficient (Wildman–Crippen LogP) is 3.08. The average molecular weight is 409 g/mol. The van der Waals surface area contributed by atoms with E-state index in [1.165, 1.54) is 6.20 Å². The second kappa shape index (κ2) is 7.85. The van der Waals surface area contributed by atoms with Crippen LogP contribution in [-0.4, -0.2) is 42.1 Å². The van der Waals surface area contributed by atoms with Gasteiger partial charge in [-0.25, -0.2) is 18.7 Å². The summed E-state index contributed by atoms with van der Waals surface area (Å²) in [6, 6.07) is 11.2. The van der Waals surface area contributed by atoms with E-state index >= 15 is 0 Å². The number of aromatic nitrogens is 2. The minimum absolute atomic E-state index is 0.201. The molecule has 0 bridgehead atoms. The zero-order valence-electron chi connectivity index (χ0n) is 16.3. The van der Waals surface area contributed by atoms with E-state index in [0.717, 1.165) is 5.56 Å². The lowest BCUT2D eigenvalue weighted by Crippen LogP contribution is -2.39. The fourth-order valence-electron chi connectivity index (χ4n) is 3.97. The van der Waals surface area contributed by atoms with Gasteiger partial charge in [0.05, 0.1) is 29.7 Å². The highest BCUT2D eigenvalue weighted by atomic mass is 19.3. The van der Waals surface area contributed by atoms with Crippen molar-refractivity contribution in [3.63, 3.8) is 0 Å². The quantitative estimate of drug-likeness (QED) is 0.800. The molecule has 0 spiro atoms. The molecule has 7 nitrogen and oxygen atoms in total. The summed E-state index contributed by atoms with van der Waals surface area (Å²) in [5.74, 6) is -1.51. The molecule has 2 aliphatic rings. The summed E-state index contributed by atoms with van der Waals surface area (Å²) < 4.78 is 27.6. The SMILES string of the molecule is N#Cc1ccnc(Nc2cc(C3(C#N)CCNCC3)cc(N3CCC(F)(F)C3)n2)c1. The lowest BCUT2D eigenvalue weighted by molar-refractivity contribution is 0.0256. The van der Waals surface area contributed by atoms with Crippen LogP contribution < -0.4 is 15.5 Å². The van der Waals surface area contributed by atoms with Crippen LogP contribution in [0.4, 0.5) is 26.2 Å². The zero-order chi connectivity index (χ0) is 21.2. The van der Waals surface area contributed by atoms with Crippen molar-refractivity contribution >= 4 is 17.5 Å². The second-order valence-corrected chi connectivity index (χ2v) is 7.74. The van der Waals surface area contributed by atoms with E-state index < -0.39 is 17.9 Å². The molecular formula is C21H21F2N7. The van der Waals surface area contributed by atoms with Crippen molar-refractivity contribution in [3.05, 3.63) is 41.6 Å². The predicted molar refractivity (Wildman–Crippen MR) is 108 cm³/mol. The van der Waals surface area contributed by atoms with Crippen LogP contribution >= 0.6 is 0 Å². The lowest BCUT2D eigenvalue weighted by atomic mass is 9.74. The molecule has 0 saturated carbocycles. The van der Waals surface area contributed by atoms with Gasteiger partial charge in [0.2, 0.25) is 0 Å². The fraction of sp³-hybridized carbons (Fsp3) is 0.429. The van der Waals surface area contributed by atoms with Crippen LogP contribution in [0, 0.1) is 22.7 Å². The summed E-state index contributed by atoms with van der Waals surface area (Å²) in [4.78, 5) is 10.3. The Bertz CT molecular complexity index is 1020. The van der Waals surface area contributed by atoms with Gasteiger partial charge in [0.25, 0.3) is 5.92 Å². The number of anilines is 3. The smallest absolute Gasteiger partial charge is 0.266 e. The van der Waals surface area contributed by atoms with E-state index in [0.29, 0.717) is 48.9 Å². The molecule has 0 amide bonds. The van der Waals surface area contributed by atoms with Gasteiger partial charge >= 0.3 is 0 Å². The average Bonchev–Trinajstić information content (AvgIpc) is 3.14. The molecular weight excluding hydrogens is 388 g/mol.